The lowest BCUT2D eigenvalue weighted by Crippen LogP contribution is -2.41. The van der Waals surface area contributed by atoms with Gasteiger partial charge in [0.1, 0.15) is 6.54 Å². The molecule has 0 aliphatic carbocycles. The smallest absolute Gasteiger partial charge is 0.243 e. The van der Waals surface area contributed by atoms with Crippen LogP contribution in [0.15, 0.2) is 46.9 Å². The number of ether oxygens (including phenoxy) is 2. The van der Waals surface area contributed by atoms with Gasteiger partial charge < -0.3 is 14.4 Å². The summed E-state index contributed by atoms with van der Waals surface area (Å²) in [6, 6.07) is 12.1. The normalized spacial score (nSPS) is 11.0. The molecule has 0 saturated carbocycles. The van der Waals surface area contributed by atoms with Gasteiger partial charge in [-0.2, -0.15) is 0 Å². The average molecular weight is 471 g/mol. The molecule has 152 valence electrons. The molecule has 0 bridgehead atoms. The number of amides is 1. The zero-order valence-corrected chi connectivity index (χ0v) is 18.6. The van der Waals surface area contributed by atoms with Crippen LogP contribution in [0.2, 0.25) is 0 Å². The highest BCUT2D eigenvalue weighted by Crippen LogP contribution is 2.28. The molecule has 9 heteroatoms. The molecule has 0 aliphatic rings. The summed E-state index contributed by atoms with van der Waals surface area (Å²) in [5.41, 5.74) is 1.27. The summed E-state index contributed by atoms with van der Waals surface area (Å²) in [7, 11) is 1.10. The number of anilines is 1. The monoisotopic (exact) mass is 470 g/mol. The number of benzene rings is 2. The minimum Gasteiger partial charge on any atom is -0.493 e. The number of halogens is 1. The Kier molecular flexibility index (Phi) is 7.31. The Morgan fingerprint density at radius 3 is 2.18 bits per heavy atom. The van der Waals surface area contributed by atoms with Gasteiger partial charge in [-0.25, -0.2) is 8.42 Å². The molecule has 2 aromatic carbocycles. The van der Waals surface area contributed by atoms with Gasteiger partial charge in [0.15, 0.2) is 11.5 Å². The highest BCUT2D eigenvalue weighted by atomic mass is 79.9. The fourth-order valence-electron chi connectivity index (χ4n) is 2.59. The van der Waals surface area contributed by atoms with E-state index in [0.717, 1.165) is 20.6 Å². The minimum absolute atomic E-state index is 0.287. The molecular weight excluding hydrogens is 448 g/mol. The molecule has 1 amide bonds. The number of carbonyl (C=O) groups is 1. The molecule has 2 aromatic rings. The summed E-state index contributed by atoms with van der Waals surface area (Å²) in [5, 5.41) is 0. The van der Waals surface area contributed by atoms with Gasteiger partial charge in [0, 0.05) is 18.1 Å². The van der Waals surface area contributed by atoms with Crippen LogP contribution in [0.25, 0.3) is 0 Å². The zero-order valence-electron chi connectivity index (χ0n) is 16.2. The van der Waals surface area contributed by atoms with E-state index in [4.69, 9.17) is 9.47 Å². The maximum atomic E-state index is 12.7. The molecular formula is C19H23BrN2O5S. The van der Waals surface area contributed by atoms with Gasteiger partial charge >= 0.3 is 0 Å². The highest BCUT2D eigenvalue weighted by molar-refractivity contribution is 9.10. The van der Waals surface area contributed by atoms with E-state index >= 15 is 0 Å². The fraction of sp³-hybridized carbons (Fsp3) is 0.316. The summed E-state index contributed by atoms with van der Waals surface area (Å²) in [4.78, 5) is 14.1. The van der Waals surface area contributed by atoms with Crippen molar-refractivity contribution in [3.05, 3.63) is 52.5 Å². The molecule has 0 radical (unpaired) electrons. The number of sulfonamides is 1. The van der Waals surface area contributed by atoms with Crippen molar-refractivity contribution in [2.24, 2.45) is 0 Å². The third-order valence-corrected chi connectivity index (χ3v) is 5.76. The Bertz CT molecular complexity index is 932. The maximum Gasteiger partial charge on any atom is 0.243 e. The second kappa shape index (κ2) is 9.29. The lowest BCUT2D eigenvalue weighted by molar-refractivity contribution is -0.128. The van der Waals surface area contributed by atoms with Crippen molar-refractivity contribution >= 4 is 37.5 Å². The largest absolute Gasteiger partial charge is 0.493 e. The molecule has 0 unspecified atom stereocenters. The van der Waals surface area contributed by atoms with Crippen LogP contribution >= 0.6 is 15.9 Å². The van der Waals surface area contributed by atoms with Crippen molar-refractivity contribution in [2.45, 2.75) is 6.54 Å². The maximum absolute atomic E-state index is 12.7. The van der Waals surface area contributed by atoms with Crippen LogP contribution in [0, 0.1) is 0 Å². The third kappa shape index (κ3) is 5.62. The molecule has 0 aliphatic heterocycles. The SMILES string of the molecule is COc1ccc(CN(C)C(=O)CN(c2ccc(Br)cc2)S(C)(=O)=O)cc1OC. The standard InChI is InChI=1S/C19H23BrN2O5S/c1-21(12-14-5-10-17(26-2)18(11-14)27-3)19(23)13-22(28(4,24)25)16-8-6-15(20)7-9-16/h5-11H,12-13H2,1-4H3. The van der Waals surface area contributed by atoms with E-state index in [9.17, 15) is 13.2 Å². The Balaban J connectivity index is 2.16. The van der Waals surface area contributed by atoms with Crippen LogP contribution in [0.3, 0.4) is 0 Å². The first kappa shape index (κ1) is 22.0. The van der Waals surface area contributed by atoms with Crippen LogP contribution in [-0.4, -0.2) is 53.3 Å². The third-order valence-electron chi connectivity index (χ3n) is 4.09. The predicted molar refractivity (Wildman–Crippen MR) is 112 cm³/mol. The molecule has 0 fully saturated rings. The van der Waals surface area contributed by atoms with Crippen LogP contribution in [0.4, 0.5) is 5.69 Å². The first-order valence-corrected chi connectivity index (χ1v) is 11.0. The van der Waals surface area contributed by atoms with Gasteiger partial charge in [0.25, 0.3) is 0 Å². The van der Waals surface area contributed by atoms with E-state index in [1.54, 1.807) is 57.7 Å². The van der Waals surface area contributed by atoms with Crippen molar-refractivity contribution in [2.75, 3.05) is 38.4 Å². The lowest BCUT2D eigenvalue weighted by Gasteiger charge is -2.25. The van der Waals surface area contributed by atoms with Crippen molar-refractivity contribution in [1.29, 1.82) is 0 Å². The number of hydrogen-bond donors (Lipinski definition) is 0. The van der Waals surface area contributed by atoms with Crippen molar-refractivity contribution in [3.63, 3.8) is 0 Å². The second-order valence-electron chi connectivity index (χ2n) is 6.19. The number of methoxy groups -OCH3 is 2. The predicted octanol–water partition coefficient (Wildman–Crippen LogP) is 2.89. The van der Waals surface area contributed by atoms with Gasteiger partial charge in [-0.3, -0.25) is 9.10 Å². The molecule has 7 nitrogen and oxygen atoms in total. The molecule has 0 N–H and O–H groups in total. The first-order chi connectivity index (χ1) is 13.2. The van der Waals surface area contributed by atoms with Gasteiger partial charge in [0.05, 0.1) is 26.2 Å². The molecule has 0 spiro atoms. The molecule has 0 aromatic heterocycles. The highest BCUT2D eigenvalue weighted by Gasteiger charge is 2.23. The van der Waals surface area contributed by atoms with E-state index in [0.29, 0.717) is 23.7 Å². The Hall–Kier alpha value is -2.26. The van der Waals surface area contributed by atoms with Gasteiger partial charge in [-0.15, -0.1) is 0 Å². The Morgan fingerprint density at radius 1 is 1.04 bits per heavy atom. The topological polar surface area (TPSA) is 76.2 Å². The van der Waals surface area contributed by atoms with E-state index in [-0.39, 0.29) is 12.5 Å². The van der Waals surface area contributed by atoms with Crippen molar-refractivity contribution < 1.29 is 22.7 Å². The van der Waals surface area contributed by atoms with Gasteiger partial charge in [0.2, 0.25) is 15.9 Å². The van der Waals surface area contributed by atoms with Crippen LogP contribution in [-0.2, 0) is 21.4 Å². The lowest BCUT2D eigenvalue weighted by atomic mass is 10.2. The number of carbonyl (C=O) groups excluding carboxylic acids is 1. The average Bonchev–Trinajstić information content (AvgIpc) is 2.65. The second-order valence-corrected chi connectivity index (χ2v) is 9.01. The first-order valence-electron chi connectivity index (χ1n) is 8.34. The molecule has 0 atom stereocenters. The molecule has 2 rings (SSSR count). The Morgan fingerprint density at radius 2 is 1.64 bits per heavy atom. The van der Waals surface area contributed by atoms with Crippen LogP contribution in [0.5, 0.6) is 11.5 Å². The van der Waals surface area contributed by atoms with Crippen molar-refractivity contribution in [1.82, 2.24) is 4.90 Å². The number of nitrogens with zero attached hydrogens (tertiary/aromatic N) is 2. The van der Waals surface area contributed by atoms with E-state index in [1.807, 2.05) is 6.07 Å². The summed E-state index contributed by atoms with van der Waals surface area (Å²) >= 11 is 3.32. The van der Waals surface area contributed by atoms with Gasteiger partial charge in [-0.1, -0.05) is 22.0 Å². The summed E-state index contributed by atoms with van der Waals surface area (Å²) in [6.45, 7) is 0.0153. The Labute approximate surface area is 174 Å². The van der Waals surface area contributed by atoms with E-state index in [2.05, 4.69) is 15.9 Å². The van der Waals surface area contributed by atoms with Crippen molar-refractivity contribution in [3.8, 4) is 11.5 Å². The number of likely N-dealkylation sites (N-methyl/N-ethyl adjacent to an activating group) is 1. The van der Waals surface area contributed by atoms with Gasteiger partial charge in [-0.05, 0) is 42.0 Å². The fourth-order valence-corrected chi connectivity index (χ4v) is 3.71. The number of hydrogen-bond acceptors (Lipinski definition) is 5. The van der Waals surface area contributed by atoms with Crippen LogP contribution < -0.4 is 13.8 Å². The van der Waals surface area contributed by atoms with E-state index < -0.39 is 10.0 Å². The number of rotatable bonds is 8. The molecule has 0 heterocycles. The van der Waals surface area contributed by atoms with Crippen LogP contribution in [0.1, 0.15) is 5.56 Å². The molecule has 28 heavy (non-hydrogen) atoms. The molecule has 0 saturated heterocycles. The minimum atomic E-state index is -3.62. The summed E-state index contributed by atoms with van der Waals surface area (Å²) in [5.74, 6) is 0.829. The van der Waals surface area contributed by atoms with E-state index in [1.165, 1.54) is 4.90 Å². The quantitative estimate of drug-likeness (QED) is 0.592. The summed E-state index contributed by atoms with van der Waals surface area (Å²) < 4.78 is 36.8. The summed E-state index contributed by atoms with van der Waals surface area (Å²) in [6.07, 6.45) is 1.08. The zero-order chi connectivity index (χ0) is 20.9.